The van der Waals surface area contributed by atoms with Gasteiger partial charge in [0.1, 0.15) is 17.3 Å². The predicted octanol–water partition coefficient (Wildman–Crippen LogP) is 3.72. The lowest BCUT2D eigenvalue weighted by Gasteiger charge is -2.28. The van der Waals surface area contributed by atoms with Crippen molar-refractivity contribution < 1.29 is 13.9 Å². The van der Waals surface area contributed by atoms with Crippen LogP contribution in [0.15, 0.2) is 46.9 Å². The molecule has 0 saturated carbocycles. The molecule has 1 aliphatic rings. The van der Waals surface area contributed by atoms with Crippen molar-refractivity contribution in [1.29, 1.82) is 0 Å². The van der Waals surface area contributed by atoms with Crippen LogP contribution in [0.5, 0.6) is 5.88 Å². The standard InChI is InChI=1S/C21H22ClN5O3S/c1-28-19-12-18(27-8-10-29-11-9-27)24-20(25-19)26-21(31)23-13-16-6-7-17(30-16)14-2-4-15(22)5-3-14/h2-7,12H,8-11,13H2,1H3,(H2,23,24,25,26,31). The first-order valence-electron chi connectivity index (χ1n) is 9.76. The van der Waals surface area contributed by atoms with Crippen molar-refractivity contribution in [1.82, 2.24) is 15.3 Å². The van der Waals surface area contributed by atoms with E-state index < -0.39 is 0 Å². The van der Waals surface area contributed by atoms with Gasteiger partial charge in [0.05, 0.1) is 26.9 Å². The SMILES string of the molecule is COc1cc(N2CCOCC2)nc(NC(=S)NCc2ccc(-c3ccc(Cl)cc3)o2)n1. The van der Waals surface area contributed by atoms with Crippen LogP contribution >= 0.6 is 23.8 Å². The summed E-state index contributed by atoms with van der Waals surface area (Å²) in [5.41, 5.74) is 0.955. The summed E-state index contributed by atoms with van der Waals surface area (Å²) in [6.07, 6.45) is 0. The van der Waals surface area contributed by atoms with Gasteiger partial charge in [-0.2, -0.15) is 9.97 Å². The molecular formula is C21H22ClN5O3S. The molecule has 8 nitrogen and oxygen atoms in total. The summed E-state index contributed by atoms with van der Waals surface area (Å²) >= 11 is 11.3. The molecule has 2 N–H and O–H groups in total. The number of rotatable bonds is 6. The molecule has 0 atom stereocenters. The molecule has 31 heavy (non-hydrogen) atoms. The molecule has 0 spiro atoms. The zero-order valence-corrected chi connectivity index (χ0v) is 18.5. The second-order valence-corrected chi connectivity index (χ2v) is 7.62. The Kier molecular flexibility index (Phi) is 6.86. The van der Waals surface area contributed by atoms with Crippen LogP contribution in [-0.4, -0.2) is 48.5 Å². The number of anilines is 2. The van der Waals surface area contributed by atoms with Crippen LogP contribution in [0, 0.1) is 0 Å². The Morgan fingerprint density at radius 1 is 1.16 bits per heavy atom. The molecule has 0 bridgehead atoms. The van der Waals surface area contributed by atoms with E-state index in [0.717, 1.165) is 36.0 Å². The van der Waals surface area contributed by atoms with Crippen LogP contribution in [0.25, 0.3) is 11.3 Å². The Hall–Kier alpha value is -2.88. The van der Waals surface area contributed by atoms with Crippen molar-refractivity contribution in [2.24, 2.45) is 0 Å². The lowest BCUT2D eigenvalue weighted by Crippen LogP contribution is -2.37. The highest BCUT2D eigenvalue weighted by molar-refractivity contribution is 7.80. The number of furan rings is 1. The van der Waals surface area contributed by atoms with Gasteiger partial charge in [0.25, 0.3) is 0 Å². The van der Waals surface area contributed by atoms with Crippen molar-refractivity contribution in [2.75, 3.05) is 43.6 Å². The van der Waals surface area contributed by atoms with Gasteiger partial charge in [0.2, 0.25) is 11.8 Å². The number of aromatic nitrogens is 2. The Balaban J connectivity index is 1.37. The summed E-state index contributed by atoms with van der Waals surface area (Å²) in [6, 6.07) is 13.1. The summed E-state index contributed by atoms with van der Waals surface area (Å²) in [5, 5.41) is 7.19. The van der Waals surface area contributed by atoms with E-state index in [2.05, 4.69) is 25.5 Å². The highest BCUT2D eigenvalue weighted by Gasteiger charge is 2.16. The highest BCUT2D eigenvalue weighted by Crippen LogP contribution is 2.24. The lowest BCUT2D eigenvalue weighted by molar-refractivity contribution is 0.122. The zero-order valence-electron chi connectivity index (χ0n) is 16.9. The lowest BCUT2D eigenvalue weighted by atomic mass is 10.2. The summed E-state index contributed by atoms with van der Waals surface area (Å²) in [6.45, 7) is 3.26. The van der Waals surface area contributed by atoms with Crippen LogP contribution in [-0.2, 0) is 11.3 Å². The van der Waals surface area contributed by atoms with Gasteiger partial charge in [-0.05, 0) is 48.6 Å². The third-order valence-electron chi connectivity index (χ3n) is 4.67. The average Bonchev–Trinajstić information content (AvgIpc) is 3.27. The monoisotopic (exact) mass is 459 g/mol. The Bertz CT molecular complexity index is 1040. The molecule has 1 saturated heterocycles. The number of ether oxygens (including phenoxy) is 2. The Morgan fingerprint density at radius 3 is 2.68 bits per heavy atom. The Morgan fingerprint density at radius 2 is 1.94 bits per heavy atom. The maximum Gasteiger partial charge on any atom is 0.234 e. The summed E-state index contributed by atoms with van der Waals surface area (Å²) in [7, 11) is 1.57. The minimum Gasteiger partial charge on any atom is -0.481 e. The van der Waals surface area contributed by atoms with E-state index in [1.54, 1.807) is 13.2 Å². The zero-order chi connectivity index (χ0) is 21.6. The van der Waals surface area contributed by atoms with Gasteiger partial charge < -0.3 is 29.4 Å². The molecule has 4 rings (SSSR count). The van der Waals surface area contributed by atoms with Crippen LogP contribution in [0.2, 0.25) is 5.02 Å². The first kappa shape index (κ1) is 21.4. The molecule has 1 aliphatic heterocycles. The van der Waals surface area contributed by atoms with Crippen molar-refractivity contribution >= 4 is 40.7 Å². The van der Waals surface area contributed by atoms with E-state index in [1.165, 1.54) is 0 Å². The molecule has 0 radical (unpaired) electrons. The van der Waals surface area contributed by atoms with Gasteiger partial charge in [-0.25, -0.2) is 0 Å². The number of nitrogens with one attached hydrogen (secondary N) is 2. The predicted molar refractivity (Wildman–Crippen MR) is 124 cm³/mol. The van der Waals surface area contributed by atoms with Gasteiger partial charge >= 0.3 is 0 Å². The van der Waals surface area contributed by atoms with Crippen LogP contribution in [0.1, 0.15) is 5.76 Å². The van der Waals surface area contributed by atoms with E-state index >= 15 is 0 Å². The molecule has 3 heterocycles. The maximum absolute atomic E-state index is 5.94. The highest BCUT2D eigenvalue weighted by atomic mass is 35.5. The average molecular weight is 460 g/mol. The number of halogens is 1. The Labute approximate surface area is 190 Å². The fourth-order valence-corrected chi connectivity index (χ4v) is 3.37. The minimum atomic E-state index is 0.361. The molecule has 2 aromatic heterocycles. The number of hydrogen-bond donors (Lipinski definition) is 2. The molecule has 0 amide bonds. The molecular weight excluding hydrogens is 438 g/mol. The molecule has 1 fully saturated rings. The van der Waals surface area contributed by atoms with E-state index in [0.29, 0.717) is 41.7 Å². The molecule has 1 aromatic carbocycles. The van der Waals surface area contributed by atoms with Gasteiger partial charge in [-0.3, -0.25) is 0 Å². The summed E-state index contributed by atoms with van der Waals surface area (Å²) in [5.74, 6) is 3.09. The molecule has 10 heteroatoms. The fourth-order valence-electron chi connectivity index (χ4n) is 3.08. The molecule has 0 unspecified atom stereocenters. The largest absolute Gasteiger partial charge is 0.481 e. The first-order chi connectivity index (χ1) is 15.1. The van der Waals surface area contributed by atoms with Crippen molar-refractivity contribution in [3.63, 3.8) is 0 Å². The number of methoxy groups -OCH3 is 1. The molecule has 3 aromatic rings. The van der Waals surface area contributed by atoms with E-state index in [9.17, 15) is 0 Å². The van der Waals surface area contributed by atoms with E-state index in [1.807, 2.05) is 36.4 Å². The maximum atomic E-state index is 5.94. The van der Waals surface area contributed by atoms with Crippen LogP contribution in [0.3, 0.4) is 0 Å². The topological polar surface area (TPSA) is 84.7 Å². The second-order valence-electron chi connectivity index (χ2n) is 6.77. The fraction of sp³-hybridized carbons (Fsp3) is 0.286. The normalized spacial score (nSPS) is 13.7. The van der Waals surface area contributed by atoms with E-state index in [-0.39, 0.29) is 0 Å². The first-order valence-corrected chi connectivity index (χ1v) is 10.5. The number of thiocarbonyl (C=S) groups is 1. The van der Waals surface area contributed by atoms with E-state index in [4.69, 9.17) is 37.7 Å². The van der Waals surface area contributed by atoms with Gasteiger partial charge in [-0.1, -0.05) is 11.6 Å². The number of morpholine rings is 1. The van der Waals surface area contributed by atoms with Crippen molar-refractivity contribution in [3.8, 4) is 17.2 Å². The van der Waals surface area contributed by atoms with Crippen LogP contribution < -0.4 is 20.3 Å². The third-order valence-corrected chi connectivity index (χ3v) is 5.17. The summed E-state index contributed by atoms with van der Waals surface area (Å²) < 4.78 is 16.6. The van der Waals surface area contributed by atoms with Gasteiger partial charge in [0.15, 0.2) is 5.11 Å². The number of benzene rings is 1. The smallest absolute Gasteiger partial charge is 0.234 e. The summed E-state index contributed by atoms with van der Waals surface area (Å²) in [4.78, 5) is 11.0. The quantitative estimate of drug-likeness (QED) is 0.535. The number of hydrogen-bond acceptors (Lipinski definition) is 7. The van der Waals surface area contributed by atoms with Gasteiger partial charge in [0, 0.05) is 29.7 Å². The molecule has 162 valence electrons. The minimum absolute atomic E-state index is 0.361. The molecule has 0 aliphatic carbocycles. The van der Waals surface area contributed by atoms with Gasteiger partial charge in [-0.15, -0.1) is 0 Å². The number of nitrogens with zero attached hydrogens (tertiary/aromatic N) is 3. The third kappa shape index (κ3) is 5.63. The van der Waals surface area contributed by atoms with Crippen LogP contribution in [0.4, 0.5) is 11.8 Å². The van der Waals surface area contributed by atoms with Crippen molar-refractivity contribution in [2.45, 2.75) is 6.54 Å². The second kappa shape index (κ2) is 9.95. The van der Waals surface area contributed by atoms with Crippen molar-refractivity contribution in [3.05, 3.63) is 53.2 Å².